The molecule has 124 valence electrons. The first-order valence-corrected chi connectivity index (χ1v) is 6.90. The molecule has 24 heavy (non-hydrogen) atoms. The highest BCUT2D eigenvalue weighted by Gasteiger charge is 2.13. The molecule has 0 fully saturated rings. The minimum atomic E-state index is -0.941. The molecule has 0 aromatic heterocycles. The van der Waals surface area contributed by atoms with Gasteiger partial charge >= 0.3 is 5.97 Å². The van der Waals surface area contributed by atoms with Crippen molar-refractivity contribution in [1.29, 1.82) is 0 Å². The Morgan fingerprint density at radius 2 is 1.75 bits per heavy atom. The summed E-state index contributed by atoms with van der Waals surface area (Å²) in [6.07, 6.45) is 0. The number of Topliss-reactive ketones (excluding diaryl/α,β-unsaturated/α-hetero) is 1. The lowest BCUT2D eigenvalue weighted by molar-refractivity contribution is -0.119. The van der Waals surface area contributed by atoms with Gasteiger partial charge in [0.15, 0.2) is 12.4 Å². The van der Waals surface area contributed by atoms with Crippen LogP contribution in [0, 0.1) is 11.6 Å². The fourth-order valence-electron chi connectivity index (χ4n) is 1.86. The molecular formula is C17H13F2NO4. The predicted octanol–water partition coefficient (Wildman–Crippen LogP) is 2.96. The van der Waals surface area contributed by atoms with E-state index in [0.717, 1.165) is 12.1 Å². The van der Waals surface area contributed by atoms with Crippen molar-refractivity contribution in [2.45, 2.75) is 6.92 Å². The standard InChI is InChI=1S/C17H13F2NO4/c1-10(21)11-3-2-4-12(7-11)17(23)24-9-16(22)20-15-6-5-13(18)8-14(15)19/h2-8H,9H2,1H3,(H,20,22). The number of carbonyl (C=O) groups excluding carboxylic acids is 3. The quantitative estimate of drug-likeness (QED) is 0.674. The summed E-state index contributed by atoms with van der Waals surface area (Å²) in [6, 6.07) is 8.51. The van der Waals surface area contributed by atoms with Gasteiger partial charge in [0.05, 0.1) is 11.3 Å². The molecule has 0 radical (unpaired) electrons. The molecule has 2 rings (SSSR count). The maximum atomic E-state index is 13.4. The summed E-state index contributed by atoms with van der Waals surface area (Å²) in [5.41, 5.74) is 0.224. The Bertz CT molecular complexity index is 805. The zero-order valence-corrected chi connectivity index (χ0v) is 12.6. The summed E-state index contributed by atoms with van der Waals surface area (Å²) in [7, 11) is 0. The zero-order valence-electron chi connectivity index (χ0n) is 12.6. The molecular weight excluding hydrogens is 320 g/mol. The highest BCUT2D eigenvalue weighted by Crippen LogP contribution is 2.15. The number of carbonyl (C=O) groups is 3. The Kier molecular flexibility index (Phi) is 5.36. The molecule has 0 saturated heterocycles. The Hall–Kier alpha value is -3.09. The molecule has 0 aliphatic heterocycles. The van der Waals surface area contributed by atoms with Crippen LogP contribution in [-0.4, -0.2) is 24.3 Å². The van der Waals surface area contributed by atoms with Crippen LogP contribution in [0.4, 0.5) is 14.5 Å². The van der Waals surface area contributed by atoms with Gasteiger partial charge in [-0.05, 0) is 31.2 Å². The van der Waals surface area contributed by atoms with Gasteiger partial charge < -0.3 is 10.1 Å². The number of esters is 1. The van der Waals surface area contributed by atoms with E-state index in [-0.39, 0.29) is 17.0 Å². The zero-order chi connectivity index (χ0) is 17.7. The van der Waals surface area contributed by atoms with Gasteiger partial charge in [0.2, 0.25) is 0 Å². The summed E-state index contributed by atoms with van der Waals surface area (Å²) >= 11 is 0. The van der Waals surface area contributed by atoms with E-state index in [9.17, 15) is 23.2 Å². The first-order chi connectivity index (χ1) is 11.4. The Morgan fingerprint density at radius 1 is 1.04 bits per heavy atom. The third-order valence-electron chi connectivity index (χ3n) is 3.04. The van der Waals surface area contributed by atoms with Gasteiger partial charge in [-0.25, -0.2) is 13.6 Å². The lowest BCUT2D eigenvalue weighted by Gasteiger charge is -2.08. The molecule has 0 atom stereocenters. The summed E-state index contributed by atoms with van der Waals surface area (Å²) in [4.78, 5) is 34.8. The first-order valence-electron chi connectivity index (χ1n) is 6.90. The van der Waals surface area contributed by atoms with Crippen LogP contribution in [0.5, 0.6) is 0 Å². The fourth-order valence-corrected chi connectivity index (χ4v) is 1.86. The van der Waals surface area contributed by atoms with Crippen LogP contribution in [-0.2, 0) is 9.53 Å². The normalized spacial score (nSPS) is 10.1. The summed E-state index contributed by atoms with van der Waals surface area (Å²) in [6.45, 7) is 0.703. The Labute approximate surface area is 136 Å². The van der Waals surface area contributed by atoms with E-state index in [2.05, 4.69) is 5.32 Å². The van der Waals surface area contributed by atoms with Crippen molar-refractivity contribution in [2.24, 2.45) is 0 Å². The second-order valence-corrected chi connectivity index (χ2v) is 4.89. The fraction of sp³-hybridized carbons (Fsp3) is 0.118. The van der Waals surface area contributed by atoms with Crippen molar-refractivity contribution < 1.29 is 27.9 Å². The van der Waals surface area contributed by atoms with E-state index in [1.54, 1.807) is 6.07 Å². The topological polar surface area (TPSA) is 72.5 Å². The van der Waals surface area contributed by atoms with Crippen molar-refractivity contribution in [3.63, 3.8) is 0 Å². The molecule has 1 amide bonds. The van der Waals surface area contributed by atoms with Crippen LogP contribution in [0.15, 0.2) is 42.5 Å². The highest BCUT2D eigenvalue weighted by molar-refractivity contribution is 5.99. The van der Waals surface area contributed by atoms with E-state index in [4.69, 9.17) is 4.74 Å². The second-order valence-electron chi connectivity index (χ2n) is 4.89. The van der Waals surface area contributed by atoms with Crippen LogP contribution < -0.4 is 5.32 Å². The molecule has 5 nitrogen and oxygen atoms in total. The van der Waals surface area contributed by atoms with E-state index >= 15 is 0 Å². The SMILES string of the molecule is CC(=O)c1cccc(C(=O)OCC(=O)Nc2ccc(F)cc2F)c1. The monoisotopic (exact) mass is 333 g/mol. The minimum Gasteiger partial charge on any atom is -0.452 e. The van der Waals surface area contributed by atoms with Crippen molar-refractivity contribution in [3.8, 4) is 0 Å². The van der Waals surface area contributed by atoms with Gasteiger partial charge in [0.1, 0.15) is 11.6 Å². The van der Waals surface area contributed by atoms with Gasteiger partial charge in [-0.3, -0.25) is 9.59 Å². The predicted molar refractivity (Wildman–Crippen MR) is 81.7 cm³/mol. The molecule has 0 heterocycles. The highest BCUT2D eigenvalue weighted by atomic mass is 19.1. The average Bonchev–Trinajstić information content (AvgIpc) is 2.55. The Morgan fingerprint density at radius 3 is 2.42 bits per heavy atom. The average molecular weight is 333 g/mol. The lowest BCUT2D eigenvalue weighted by atomic mass is 10.1. The van der Waals surface area contributed by atoms with Gasteiger partial charge in [-0.15, -0.1) is 0 Å². The number of ketones is 1. The number of hydrogen-bond donors (Lipinski definition) is 1. The van der Waals surface area contributed by atoms with Crippen LogP contribution in [0.25, 0.3) is 0 Å². The summed E-state index contributed by atoms with van der Waals surface area (Å²) < 4.78 is 31.0. The molecule has 2 aromatic rings. The van der Waals surface area contributed by atoms with Crippen LogP contribution in [0.3, 0.4) is 0 Å². The third kappa shape index (κ3) is 4.45. The van der Waals surface area contributed by atoms with Crippen LogP contribution >= 0.6 is 0 Å². The van der Waals surface area contributed by atoms with Gasteiger partial charge in [0, 0.05) is 11.6 Å². The van der Waals surface area contributed by atoms with Gasteiger partial charge in [-0.2, -0.15) is 0 Å². The molecule has 0 aliphatic carbocycles. The Balaban J connectivity index is 1.95. The molecule has 0 bridgehead atoms. The maximum absolute atomic E-state index is 13.4. The molecule has 2 aromatic carbocycles. The number of ether oxygens (including phenoxy) is 1. The molecule has 7 heteroatoms. The molecule has 0 aliphatic rings. The first kappa shape index (κ1) is 17.3. The number of benzene rings is 2. The lowest BCUT2D eigenvalue weighted by Crippen LogP contribution is -2.21. The minimum absolute atomic E-state index is 0.114. The number of rotatable bonds is 5. The van der Waals surface area contributed by atoms with Crippen molar-refractivity contribution in [1.82, 2.24) is 0 Å². The molecule has 1 N–H and O–H groups in total. The third-order valence-corrected chi connectivity index (χ3v) is 3.04. The van der Waals surface area contributed by atoms with E-state index in [1.165, 1.54) is 25.1 Å². The van der Waals surface area contributed by atoms with Gasteiger partial charge in [0.25, 0.3) is 5.91 Å². The number of hydrogen-bond acceptors (Lipinski definition) is 4. The maximum Gasteiger partial charge on any atom is 0.338 e. The van der Waals surface area contributed by atoms with Crippen molar-refractivity contribution in [2.75, 3.05) is 11.9 Å². The molecule has 0 spiro atoms. The van der Waals surface area contributed by atoms with E-state index < -0.39 is 30.1 Å². The number of nitrogens with one attached hydrogen (secondary N) is 1. The summed E-state index contributed by atoms with van der Waals surface area (Å²) in [5, 5.41) is 2.16. The van der Waals surface area contributed by atoms with Gasteiger partial charge in [-0.1, -0.05) is 12.1 Å². The van der Waals surface area contributed by atoms with Crippen molar-refractivity contribution in [3.05, 3.63) is 65.2 Å². The summed E-state index contributed by atoms with van der Waals surface area (Å²) in [5.74, 6) is -3.51. The van der Waals surface area contributed by atoms with E-state index in [1.807, 2.05) is 0 Å². The smallest absolute Gasteiger partial charge is 0.338 e. The van der Waals surface area contributed by atoms with Crippen LogP contribution in [0.1, 0.15) is 27.6 Å². The number of anilines is 1. The largest absolute Gasteiger partial charge is 0.452 e. The number of halogens is 2. The van der Waals surface area contributed by atoms with Crippen LogP contribution in [0.2, 0.25) is 0 Å². The number of amides is 1. The van der Waals surface area contributed by atoms with Crippen molar-refractivity contribution >= 4 is 23.3 Å². The van der Waals surface area contributed by atoms with E-state index in [0.29, 0.717) is 11.6 Å². The molecule has 0 unspecified atom stereocenters. The molecule has 0 saturated carbocycles. The second kappa shape index (κ2) is 7.45.